The lowest BCUT2D eigenvalue weighted by Crippen LogP contribution is -2.40. The molecule has 9 nitrogen and oxygen atoms in total. The number of aromatic amines is 1. The number of H-pyrrole nitrogens is 1. The summed E-state index contributed by atoms with van der Waals surface area (Å²) >= 11 is 0. The van der Waals surface area contributed by atoms with Crippen molar-refractivity contribution < 1.29 is 35.2 Å². The summed E-state index contributed by atoms with van der Waals surface area (Å²) < 4.78 is 99.9. The smallest absolute Gasteiger partial charge is 0.352 e. The molecule has 252 valence electrons. The van der Waals surface area contributed by atoms with E-state index in [4.69, 9.17) is 0 Å². The van der Waals surface area contributed by atoms with Gasteiger partial charge in [0.15, 0.2) is 5.78 Å². The van der Waals surface area contributed by atoms with Crippen LogP contribution >= 0.6 is 0 Å². The maximum atomic E-state index is 14.3. The molecule has 0 amide bonds. The Balaban J connectivity index is 1.05. The molecule has 0 bridgehead atoms. The zero-order valence-electron chi connectivity index (χ0n) is 25.7. The first kappa shape index (κ1) is 33.4. The Bertz CT molecular complexity index is 2080. The summed E-state index contributed by atoms with van der Waals surface area (Å²) in [5.41, 5.74) is -0.0773. The van der Waals surface area contributed by atoms with Crippen LogP contribution in [0.1, 0.15) is 35.8 Å². The number of Topliss-reactive ketones (excluding diaryl/α,β-unsaturated/α-hetero) is 1. The fourth-order valence-electron chi connectivity index (χ4n) is 6.11. The van der Waals surface area contributed by atoms with Gasteiger partial charge in [-0.3, -0.25) is 9.48 Å². The van der Waals surface area contributed by atoms with Crippen LogP contribution in [0.2, 0.25) is 0 Å². The largest absolute Gasteiger partial charge is 0.417 e. The second kappa shape index (κ2) is 13.2. The Morgan fingerprint density at radius 1 is 1.02 bits per heavy atom. The van der Waals surface area contributed by atoms with Crippen molar-refractivity contribution >= 4 is 26.7 Å². The highest BCUT2D eigenvalue weighted by Crippen LogP contribution is 2.39. The van der Waals surface area contributed by atoms with Gasteiger partial charge in [-0.1, -0.05) is 29.5 Å². The van der Waals surface area contributed by atoms with Gasteiger partial charge in [-0.2, -0.15) is 13.2 Å². The number of likely N-dealkylation sites (tertiary alicyclic amines) is 1. The van der Waals surface area contributed by atoms with E-state index in [0.29, 0.717) is 60.1 Å². The molecule has 2 N–H and O–H groups in total. The van der Waals surface area contributed by atoms with Crippen molar-refractivity contribution in [3.8, 4) is 22.4 Å². The van der Waals surface area contributed by atoms with Crippen LogP contribution < -0.4 is 4.72 Å². The standard InChI is InChI=1S/C33H31F5N6O3S/c1-20(45)32-31(26-16-22(34)6-9-29(26)40-32)30-19-44(42-41-30)18-21-10-13-43(14-11-21)15-12-39-48(46,47)23-7-8-24(27(17-23)33(36,37)38)25-4-2-3-5-28(25)35/h2-9,16-17,19,21,39-40H,10-15,18H2,1H3. The van der Waals surface area contributed by atoms with Gasteiger partial charge >= 0.3 is 6.18 Å². The lowest BCUT2D eigenvalue weighted by atomic mass is 9.97. The number of nitrogens with zero attached hydrogens (tertiary/aromatic N) is 4. The van der Waals surface area contributed by atoms with Gasteiger partial charge in [0.2, 0.25) is 10.0 Å². The zero-order chi connectivity index (χ0) is 34.2. The number of hydrogen-bond donors (Lipinski definition) is 2. The summed E-state index contributed by atoms with van der Waals surface area (Å²) in [5.74, 6) is -1.25. The molecule has 1 aliphatic heterocycles. The van der Waals surface area contributed by atoms with Crippen molar-refractivity contribution in [3.63, 3.8) is 0 Å². The molecule has 0 atom stereocenters. The molecule has 48 heavy (non-hydrogen) atoms. The Morgan fingerprint density at radius 2 is 1.77 bits per heavy atom. The molecule has 3 heterocycles. The van der Waals surface area contributed by atoms with Crippen LogP contribution in [-0.2, 0) is 22.7 Å². The van der Waals surface area contributed by atoms with Gasteiger partial charge in [0, 0.05) is 48.6 Å². The summed E-state index contributed by atoms with van der Waals surface area (Å²) in [6, 6.07) is 11.8. The lowest BCUT2D eigenvalue weighted by Gasteiger charge is -2.31. The Morgan fingerprint density at radius 3 is 2.48 bits per heavy atom. The fraction of sp³-hybridized carbons (Fsp3) is 0.303. The van der Waals surface area contributed by atoms with Crippen LogP contribution in [0.5, 0.6) is 0 Å². The van der Waals surface area contributed by atoms with E-state index < -0.39 is 43.9 Å². The van der Waals surface area contributed by atoms with E-state index in [2.05, 4.69) is 24.9 Å². The van der Waals surface area contributed by atoms with Gasteiger partial charge in [0.25, 0.3) is 0 Å². The van der Waals surface area contributed by atoms with Crippen LogP contribution in [0.3, 0.4) is 0 Å². The second-order valence-electron chi connectivity index (χ2n) is 11.8. The number of rotatable bonds is 10. The molecule has 6 rings (SSSR count). The lowest BCUT2D eigenvalue weighted by molar-refractivity contribution is -0.137. The van der Waals surface area contributed by atoms with Crippen LogP contribution in [0.15, 0.2) is 71.8 Å². The number of ketones is 1. The van der Waals surface area contributed by atoms with Crippen LogP contribution in [-0.4, -0.2) is 65.3 Å². The van der Waals surface area contributed by atoms with Crippen molar-refractivity contribution in [1.29, 1.82) is 0 Å². The molecule has 5 aromatic rings. The number of sulfonamides is 1. The highest BCUT2D eigenvalue weighted by atomic mass is 32.2. The second-order valence-corrected chi connectivity index (χ2v) is 13.6. The number of alkyl halides is 3. The molecule has 2 aromatic heterocycles. The van der Waals surface area contributed by atoms with Gasteiger partial charge in [-0.25, -0.2) is 21.9 Å². The average molecular weight is 687 g/mol. The molecule has 0 spiro atoms. The average Bonchev–Trinajstić information content (AvgIpc) is 3.65. The van der Waals surface area contributed by atoms with Crippen LogP contribution in [0.4, 0.5) is 22.0 Å². The van der Waals surface area contributed by atoms with Crippen molar-refractivity contribution in [2.75, 3.05) is 26.2 Å². The minimum Gasteiger partial charge on any atom is -0.352 e. The minimum absolute atomic E-state index is 0.0143. The minimum atomic E-state index is -4.91. The highest BCUT2D eigenvalue weighted by molar-refractivity contribution is 7.89. The molecule has 1 saturated heterocycles. The molecule has 3 aromatic carbocycles. The molecule has 0 saturated carbocycles. The van der Waals surface area contributed by atoms with Crippen molar-refractivity contribution in [1.82, 2.24) is 29.6 Å². The third-order valence-electron chi connectivity index (χ3n) is 8.55. The van der Waals surface area contributed by atoms with Gasteiger partial charge < -0.3 is 9.88 Å². The maximum Gasteiger partial charge on any atom is 0.417 e. The molecule has 15 heteroatoms. The number of carbonyl (C=O) groups excluding carboxylic acids is 1. The molecule has 1 aliphatic rings. The Kier molecular flexibility index (Phi) is 9.20. The number of hydrogen-bond acceptors (Lipinski definition) is 6. The summed E-state index contributed by atoms with van der Waals surface area (Å²) in [4.78, 5) is 16.8. The predicted molar refractivity (Wildman–Crippen MR) is 168 cm³/mol. The van der Waals surface area contributed by atoms with Gasteiger partial charge in [-0.05, 0) is 73.8 Å². The van der Waals surface area contributed by atoms with E-state index >= 15 is 0 Å². The Labute approximate surface area is 272 Å². The Hall–Kier alpha value is -4.47. The quantitative estimate of drug-likeness (QED) is 0.132. The number of piperidine rings is 1. The number of carbonyl (C=O) groups is 1. The first-order valence-corrected chi connectivity index (χ1v) is 16.7. The molecular formula is C33H31F5N6O3S. The van der Waals surface area contributed by atoms with Crippen LogP contribution in [0, 0.1) is 17.6 Å². The SMILES string of the molecule is CC(=O)c1[nH]c2ccc(F)cc2c1-c1cn(CC2CCN(CCNS(=O)(=O)c3ccc(-c4ccccc4F)c(C(F)(F)F)c3)CC2)nn1. The molecule has 0 unspecified atom stereocenters. The molecular weight excluding hydrogens is 655 g/mol. The van der Waals surface area contributed by atoms with E-state index in [-0.39, 0.29) is 23.8 Å². The van der Waals surface area contributed by atoms with E-state index in [1.165, 1.54) is 37.3 Å². The van der Waals surface area contributed by atoms with Crippen molar-refractivity contribution in [2.45, 2.75) is 37.4 Å². The van der Waals surface area contributed by atoms with Crippen molar-refractivity contribution in [2.24, 2.45) is 5.92 Å². The van der Waals surface area contributed by atoms with E-state index in [1.807, 2.05) is 0 Å². The highest BCUT2D eigenvalue weighted by Gasteiger charge is 2.36. The van der Waals surface area contributed by atoms with Crippen molar-refractivity contribution in [3.05, 3.63) is 89.8 Å². The summed E-state index contributed by atoms with van der Waals surface area (Å²) in [6.07, 6.45) is -1.61. The van der Waals surface area contributed by atoms with E-state index in [0.717, 1.165) is 31.0 Å². The first-order valence-electron chi connectivity index (χ1n) is 15.2. The molecule has 0 radical (unpaired) electrons. The third kappa shape index (κ3) is 7.03. The van der Waals surface area contributed by atoms with Gasteiger partial charge in [0.1, 0.15) is 17.3 Å². The summed E-state index contributed by atoms with van der Waals surface area (Å²) in [5, 5.41) is 9.03. The number of benzene rings is 3. The molecule has 0 aliphatic carbocycles. The summed E-state index contributed by atoms with van der Waals surface area (Å²) in [7, 11) is -4.28. The normalized spacial score (nSPS) is 15.0. The molecule has 1 fully saturated rings. The van der Waals surface area contributed by atoms with Gasteiger partial charge in [-0.15, -0.1) is 5.10 Å². The summed E-state index contributed by atoms with van der Waals surface area (Å²) in [6.45, 7) is 3.65. The monoisotopic (exact) mass is 686 g/mol. The van der Waals surface area contributed by atoms with Crippen LogP contribution in [0.25, 0.3) is 33.3 Å². The maximum absolute atomic E-state index is 14.3. The van der Waals surface area contributed by atoms with E-state index in [9.17, 15) is 35.2 Å². The topological polar surface area (TPSA) is 113 Å². The van der Waals surface area contributed by atoms with E-state index in [1.54, 1.807) is 16.9 Å². The predicted octanol–water partition coefficient (Wildman–Crippen LogP) is 6.28. The number of halogens is 5. The first-order chi connectivity index (χ1) is 22.8. The third-order valence-corrected chi connectivity index (χ3v) is 10.0. The van der Waals surface area contributed by atoms with Gasteiger partial charge in [0.05, 0.1) is 22.3 Å². The number of aromatic nitrogens is 4. The fourth-order valence-corrected chi connectivity index (χ4v) is 7.16. The number of fused-ring (bicyclic) bond motifs is 1. The zero-order valence-corrected chi connectivity index (χ0v) is 26.5. The number of nitrogens with one attached hydrogen (secondary N) is 2.